The van der Waals surface area contributed by atoms with Crippen LogP contribution in [-0.2, 0) is 0 Å². The maximum absolute atomic E-state index is 8.57. The second-order valence-electron chi connectivity index (χ2n) is 2.62. The fraction of sp³-hybridized carbons (Fsp3) is 1.00. The molecule has 0 bridgehead atoms. The maximum Gasteiger partial charge on any atom is 0.0433 e. The maximum atomic E-state index is 8.57. The average Bonchev–Trinajstić information content (AvgIpc) is 1.87. The average molecular weight is 195 g/mol. The van der Waals surface area contributed by atoms with E-state index >= 15 is 0 Å². The molecule has 0 saturated heterocycles. The van der Waals surface area contributed by atoms with Crippen LogP contribution in [0.2, 0.25) is 0 Å². The van der Waals surface area contributed by atoms with E-state index in [1.165, 1.54) is 0 Å². The molecule has 0 aromatic rings. The van der Waals surface area contributed by atoms with Gasteiger partial charge in [0.05, 0.1) is 0 Å². The Morgan fingerprint density at radius 3 is 2.22 bits per heavy atom. The Morgan fingerprint density at radius 2 is 1.89 bits per heavy atom. The van der Waals surface area contributed by atoms with Gasteiger partial charge in [0, 0.05) is 11.9 Å². The third-order valence-electron chi connectivity index (χ3n) is 1.80. The Morgan fingerprint density at radius 1 is 1.33 bits per heavy atom. The van der Waals surface area contributed by atoms with E-state index in [0.29, 0.717) is 18.4 Å². The van der Waals surface area contributed by atoms with Crippen LogP contribution in [0.4, 0.5) is 0 Å². The van der Waals surface area contributed by atoms with Crippen molar-refractivity contribution in [3.8, 4) is 0 Å². The molecule has 0 heterocycles. The van der Waals surface area contributed by atoms with Crippen LogP contribution in [-0.4, -0.2) is 17.0 Å². The fourth-order valence-corrected chi connectivity index (χ4v) is 1.28. The molecule has 2 atom stereocenters. The number of hydrogen-bond donors (Lipinski definition) is 1. The van der Waals surface area contributed by atoms with E-state index in [2.05, 4.69) is 29.8 Å². The van der Waals surface area contributed by atoms with E-state index in [4.69, 9.17) is 5.11 Å². The van der Waals surface area contributed by atoms with E-state index in [1.54, 1.807) is 0 Å². The number of alkyl halides is 1. The van der Waals surface area contributed by atoms with Crippen LogP contribution in [0.15, 0.2) is 0 Å². The van der Waals surface area contributed by atoms with Gasteiger partial charge in [0.1, 0.15) is 0 Å². The molecule has 0 saturated carbocycles. The van der Waals surface area contributed by atoms with Gasteiger partial charge in [-0.1, -0.05) is 29.8 Å². The Kier molecular flexibility index (Phi) is 5.50. The van der Waals surface area contributed by atoms with Crippen molar-refractivity contribution in [3.05, 3.63) is 0 Å². The normalized spacial score (nSPS) is 17.3. The molecule has 0 aliphatic rings. The van der Waals surface area contributed by atoms with Crippen LogP contribution < -0.4 is 0 Å². The molecule has 0 aromatic heterocycles. The smallest absolute Gasteiger partial charge is 0.0433 e. The van der Waals surface area contributed by atoms with Crippen LogP contribution in [0.5, 0.6) is 0 Å². The highest BCUT2D eigenvalue weighted by molar-refractivity contribution is 9.09. The minimum atomic E-state index is 0.318. The number of aliphatic hydroxyl groups is 1. The Hall–Kier alpha value is 0.440. The molecule has 1 N–H and O–H groups in total. The summed E-state index contributed by atoms with van der Waals surface area (Å²) in [5, 5.41) is 9.60. The highest BCUT2D eigenvalue weighted by atomic mass is 79.9. The van der Waals surface area contributed by atoms with E-state index in [0.717, 1.165) is 11.8 Å². The summed E-state index contributed by atoms with van der Waals surface area (Å²) >= 11 is 3.40. The molecule has 0 aromatic carbocycles. The standard InChI is InChI=1S/C7H15BrO/c1-6(3-4-9)7(2)5-8/h6-7,9H,3-5H2,1-2H3/t6-,7+/m1/s1. The van der Waals surface area contributed by atoms with Crippen LogP contribution >= 0.6 is 15.9 Å². The second-order valence-corrected chi connectivity index (χ2v) is 3.27. The van der Waals surface area contributed by atoms with Gasteiger partial charge in [-0.3, -0.25) is 0 Å². The first-order chi connectivity index (χ1) is 4.22. The zero-order valence-electron chi connectivity index (χ0n) is 6.10. The highest BCUT2D eigenvalue weighted by Gasteiger charge is 2.08. The lowest BCUT2D eigenvalue weighted by Crippen LogP contribution is -2.10. The second kappa shape index (κ2) is 5.24. The zero-order chi connectivity index (χ0) is 7.28. The van der Waals surface area contributed by atoms with Crippen molar-refractivity contribution >= 4 is 15.9 Å². The topological polar surface area (TPSA) is 20.2 Å². The summed E-state index contributed by atoms with van der Waals surface area (Å²) < 4.78 is 0. The molecule has 0 rings (SSSR count). The number of hydrogen-bond acceptors (Lipinski definition) is 1. The molecule has 9 heavy (non-hydrogen) atoms. The Labute approximate surface area is 65.6 Å². The molecule has 0 radical (unpaired) electrons. The summed E-state index contributed by atoms with van der Waals surface area (Å²) in [7, 11) is 0. The summed E-state index contributed by atoms with van der Waals surface area (Å²) in [6, 6.07) is 0. The lowest BCUT2D eigenvalue weighted by Gasteiger charge is -2.15. The van der Waals surface area contributed by atoms with E-state index < -0.39 is 0 Å². The van der Waals surface area contributed by atoms with Gasteiger partial charge in [-0.25, -0.2) is 0 Å². The third kappa shape index (κ3) is 3.93. The molecule has 56 valence electrons. The first-order valence-electron chi connectivity index (χ1n) is 3.39. The minimum Gasteiger partial charge on any atom is -0.396 e. The van der Waals surface area contributed by atoms with Crippen LogP contribution in [0.25, 0.3) is 0 Å². The summed E-state index contributed by atoms with van der Waals surface area (Å²) in [5.74, 6) is 1.31. The van der Waals surface area contributed by atoms with Gasteiger partial charge in [0.2, 0.25) is 0 Å². The SMILES string of the molecule is C[C@H](CCO)[C@@H](C)CBr. The van der Waals surface area contributed by atoms with Crippen molar-refractivity contribution in [2.24, 2.45) is 11.8 Å². The lowest BCUT2D eigenvalue weighted by atomic mass is 9.95. The molecular formula is C7H15BrO. The quantitative estimate of drug-likeness (QED) is 0.680. The van der Waals surface area contributed by atoms with Crippen molar-refractivity contribution in [2.75, 3.05) is 11.9 Å². The van der Waals surface area contributed by atoms with Gasteiger partial charge < -0.3 is 5.11 Å². The molecule has 0 aliphatic carbocycles. The predicted molar refractivity (Wildman–Crippen MR) is 43.8 cm³/mol. The molecule has 0 amide bonds. The first kappa shape index (κ1) is 9.44. The highest BCUT2D eigenvalue weighted by Crippen LogP contribution is 2.15. The van der Waals surface area contributed by atoms with Crippen molar-refractivity contribution in [1.29, 1.82) is 0 Å². The summed E-state index contributed by atoms with van der Waals surface area (Å²) in [5.41, 5.74) is 0. The van der Waals surface area contributed by atoms with Gasteiger partial charge in [-0.15, -0.1) is 0 Å². The van der Waals surface area contributed by atoms with Gasteiger partial charge >= 0.3 is 0 Å². The molecule has 0 spiro atoms. The molecule has 0 fully saturated rings. The molecule has 0 aliphatic heterocycles. The minimum absolute atomic E-state index is 0.318. The van der Waals surface area contributed by atoms with Crippen LogP contribution in [0.1, 0.15) is 20.3 Å². The molecule has 0 unspecified atom stereocenters. The van der Waals surface area contributed by atoms with Crippen molar-refractivity contribution in [1.82, 2.24) is 0 Å². The van der Waals surface area contributed by atoms with Gasteiger partial charge in [0.25, 0.3) is 0 Å². The third-order valence-corrected chi connectivity index (χ3v) is 2.82. The monoisotopic (exact) mass is 194 g/mol. The number of aliphatic hydroxyl groups excluding tert-OH is 1. The predicted octanol–water partition coefficient (Wildman–Crippen LogP) is 2.04. The van der Waals surface area contributed by atoms with Crippen LogP contribution in [0, 0.1) is 11.8 Å². The van der Waals surface area contributed by atoms with E-state index in [9.17, 15) is 0 Å². The molecule has 1 nitrogen and oxygen atoms in total. The number of rotatable bonds is 4. The van der Waals surface area contributed by atoms with Crippen molar-refractivity contribution in [3.63, 3.8) is 0 Å². The van der Waals surface area contributed by atoms with Gasteiger partial charge in [0.15, 0.2) is 0 Å². The van der Waals surface area contributed by atoms with E-state index in [1.807, 2.05) is 0 Å². The largest absolute Gasteiger partial charge is 0.396 e. The van der Waals surface area contributed by atoms with Crippen molar-refractivity contribution < 1.29 is 5.11 Å². The van der Waals surface area contributed by atoms with Crippen molar-refractivity contribution in [2.45, 2.75) is 20.3 Å². The Bertz CT molecular complexity index is 65.9. The number of halogens is 1. The Balaban J connectivity index is 3.32. The van der Waals surface area contributed by atoms with Gasteiger partial charge in [-0.2, -0.15) is 0 Å². The van der Waals surface area contributed by atoms with E-state index in [-0.39, 0.29) is 0 Å². The molecule has 2 heteroatoms. The van der Waals surface area contributed by atoms with Crippen LogP contribution in [0.3, 0.4) is 0 Å². The summed E-state index contributed by atoms with van der Waals surface area (Å²) in [4.78, 5) is 0. The lowest BCUT2D eigenvalue weighted by molar-refractivity contribution is 0.242. The fourth-order valence-electron chi connectivity index (χ4n) is 0.640. The summed E-state index contributed by atoms with van der Waals surface area (Å²) in [6.45, 7) is 4.68. The first-order valence-corrected chi connectivity index (χ1v) is 4.51. The summed E-state index contributed by atoms with van der Waals surface area (Å²) in [6.07, 6.45) is 0.923. The zero-order valence-corrected chi connectivity index (χ0v) is 7.69. The van der Waals surface area contributed by atoms with Gasteiger partial charge in [-0.05, 0) is 18.3 Å². The molecular weight excluding hydrogens is 180 g/mol.